The topological polar surface area (TPSA) is 59.2 Å². The number of anilines is 1. The van der Waals surface area contributed by atoms with Gasteiger partial charge >= 0.3 is 0 Å². The minimum atomic E-state index is 0.0123. The molecule has 1 fully saturated rings. The third kappa shape index (κ3) is 2.72. The molecule has 92 valence electrons. The summed E-state index contributed by atoms with van der Waals surface area (Å²) in [5, 5.41) is 0. The normalized spacial score (nSPS) is 19.1. The Labute approximate surface area is 106 Å². The molecule has 4 nitrogen and oxygen atoms in total. The van der Waals surface area contributed by atoms with E-state index in [1.165, 1.54) is 6.20 Å². The predicted octanol–water partition coefficient (Wildman–Crippen LogP) is 1.63. The molecule has 0 unspecified atom stereocenters. The highest BCUT2D eigenvalue weighted by atomic mass is 32.2. The van der Waals surface area contributed by atoms with Crippen molar-refractivity contribution in [3.05, 3.63) is 24.0 Å². The van der Waals surface area contributed by atoms with E-state index in [0.717, 1.165) is 18.8 Å². The molecule has 5 heteroatoms. The average molecular weight is 251 g/mol. The Morgan fingerprint density at radius 1 is 1.59 bits per heavy atom. The van der Waals surface area contributed by atoms with E-state index < -0.39 is 0 Å². The summed E-state index contributed by atoms with van der Waals surface area (Å²) in [6.45, 7) is 5.87. The summed E-state index contributed by atoms with van der Waals surface area (Å²) in [6, 6.07) is 1.69. The van der Waals surface area contributed by atoms with Crippen LogP contribution in [-0.4, -0.2) is 39.4 Å². The number of nitrogens with two attached hydrogens (primary N) is 1. The Morgan fingerprint density at radius 3 is 3.00 bits per heavy atom. The summed E-state index contributed by atoms with van der Waals surface area (Å²) < 4.78 is 0.121. The first-order valence-electron chi connectivity index (χ1n) is 5.62. The number of rotatable bonds is 1. The van der Waals surface area contributed by atoms with Crippen LogP contribution < -0.4 is 5.73 Å². The minimum absolute atomic E-state index is 0.0123. The maximum Gasteiger partial charge on any atom is 0.256 e. The lowest BCUT2D eigenvalue weighted by Crippen LogP contribution is -2.46. The van der Waals surface area contributed by atoms with Gasteiger partial charge in [0.05, 0.1) is 17.4 Å². The number of carbonyl (C=O) groups is 1. The zero-order valence-electron chi connectivity index (χ0n) is 10.1. The molecule has 0 atom stereocenters. The van der Waals surface area contributed by atoms with Crippen molar-refractivity contribution in [2.75, 3.05) is 24.6 Å². The molecule has 1 aromatic rings. The number of amides is 1. The smallest absolute Gasteiger partial charge is 0.256 e. The number of pyridine rings is 1. The Balaban J connectivity index is 2.18. The van der Waals surface area contributed by atoms with Crippen molar-refractivity contribution in [2.45, 2.75) is 18.6 Å². The van der Waals surface area contributed by atoms with Crippen LogP contribution >= 0.6 is 11.8 Å². The first-order valence-corrected chi connectivity index (χ1v) is 6.61. The van der Waals surface area contributed by atoms with Gasteiger partial charge in [-0.25, -0.2) is 0 Å². The molecule has 1 amide bonds. The number of aromatic nitrogens is 1. The van der Waals surface area contributed by atoms with Gasteiger partial charge in [-0.3, -0.25) is 9.78 Å². The van der Waals surface area contributed by atoms with Gasteiger partial charge in [0.1, 0.15) is 0 Å². The molecule has 1 aliphatic rings. The van der Waals surface area contributed by atoms with Crippen molar-refractivity contribution in [3.8, 4) is 0 Å². The first kappa shape index (κ1) is 12.2. The molecule has 2 heterocycles. The zero-order valence-corrected chi connectivity index (χ0v) is 11.0. The first-order chi connectivity index (χ1) is 7.99. The molecule has 0 bridgehead atoms. The van der Waals surface area contributed by atoms with E-state index in [2.05, 4.69) is 18.8 Å². The van der Waals surface area contributed by atoms with Crippen LogP contribution in [0.3, 0.4) is 0 Å². The molecule has 0 spiro atoms. The molecule has 1 saturated heterocycles. The van der Waals surface area contributed by atoms with Crippen molar-refractivity contribution in [1.29, 1.82) is 0 Å². The molecule has 2 N–H and O–H groups in total. The quantitative estimate of drug-likeness (QED) is 0.824. The Kier molecular flexibility index (Phi) is 3.28. The van der Waals surface area contributed by atoms with Gasteiger partial charge in [0.25, 0.3) is 5.91 Å². The highest BCUT2D eigenvalue weighted by Crippen LogP contribution is 2.30. The largest absolute Gasteiger partial charge is 0.397 e. The van der Waals surface area contributed by atoms with Gasteiger partial charge in [0.15, 0.2) is 0 Å². The number of nitrogens with zero attached hydrogens (tertiary/aromatic N) is 2. The lowest BCUT2D eigenvalue weighted by molar-refractivity contribution is 0.0749. The molecule has 2 rings (SSSR count). The summed E-state index contributed by atoms with van der Waals surface area (Å²) in [5.41, 5.74) is 6.79. The summed E-state index contributed by atoms with van der Waals surface area (Å²) in [5.74, 6) is 0.988. The van der Waals surface area contributed by atoms with E-state index in [1.54, 1.807) is 12.3 Å². The van der Waals surface area contributed by atoms with E-state index in [0.29, 0.717) is 11.3 Å². The maximum atomic E-state index is 12.3. The fraction of sp³-hybridized carbons (Fsp3) is 0.500. The van der Waals surface area contributed by atoms with Crippen LogP contribution in [0.4, 0.5) is 5.69 Å². The lowest BCUT2D eigenvalue weighted by atomic mass is 10.1. The maximum absolute atomic E-state index is 12.3. The van der Waals surface area contributed by atoms with Crippen LogP contribution in [-0.2, 0) is 0 Å². The van der Waals surface area contributed by atoms with Gasteiger partial charge < -0.3 is 10.6 Å². The Morgan fingerprint density at radius 2 is 2.35 bits per heavy atom. The van der Waals surface area contributed by atoms with Crippen LogP contribution in [0, 0.1) is 0 Å². The van der Waals surface area contributed by atoms with E-state index in [4.69, 9.17) is 5.73 Å². The van der Waals surface area contributed by atoms with Crippen LogP contribution in [0.15, 0.2) is 18.5 Å². The molecule has 1 aromatic heterocycles. The molecule has 0 aliphatic carbocycles. The van der Waals surface area contributed by atoms with Crippen molar-refractivity contribution in [1.82, 2.24) is 9.88 Å². The third-order valence-corrected chi connectivity index (χ3v) is 4.09. The second kappa shape index (κ2) is 4.56. The van der Waals surface area contributed by atoms with Crippen molar-refractivity contribution in [2.24, 2.45) is 0 Å². The molecular formula is C12H17N3OS. The van der Waals surface area contributed by atoms with E-state index in [1.807, 2.05) is 16.7 Å². The number of carbonyl (C=O) groups excluding carboxylic acids is 1. The van der Waals surface area contributed by atoms with Gasteiger partial charge in [0.2, 0.25) is 0 Å². The van der Waals surface area contributed by atoms with Crippen LogP contribution in [0.5, 0.6) is 0 Å². The number of nitrogen functional groups attached to an aromatic ring is 1. The molecule has 17 heavy (non-hydrogen) atoms. The molecule has 1 aliphatic heterocycles. The van der Waals surface area contributed by atoms with Crippen LogP contribution in [0.1, 0.15) is 24.2 Å². The lowest BCUT2D eigenvalue weighted by Gasteiger charge is -2.37. The van der Waals surface area contributed by atoms with Gasteiger partial charge in [-0.2, -0.15) is 11.8 Å². The van der Waals surface area contributed by atoms with Crippen LogP contribution in [0.2, 0.25) is 0 Å². The SMILES string of the molecule is CC1(C)CN(C(=O)c2ccncc2N)CCS1. The van der Waals surface area contributed by atoms with Gasteiger partial charge in [-0.15, -0.1) is 0 Å². The minimum Gasteiger partial charge on any atom is -0.397 e. The molecule has 0 saturated carbocycles. The fourth-order valence-electron chi connectivity index (χ4n) is 1.96. The summed E-state index contributed by atoms with van der Waals surface area (Å²) in [6.07, 6.45) is 3.13. The Bertz CT molecular complexity index is 434. The standard InChI is InChI=1S/C12H17N3OS/c1-12(2)8-15(5-6-17-12)11(16)9-3-4-14-7-10(9)13/h3-4,7H,5-6,8,13H2,1-2H3. The number of hydrogen-bond donors (Lipinski definition) is 1. The van der Waals surface area contributed by atoms with Crippen molar-refractivity contribution >= 4 is 23.4 Å². The fourth-order valence-corrected chi connectivity index (χ4v) is 3.07. The Hall–Kier alpha value is -1.23. The number of thioether (sulfide) groups is 1. The highest BCUT2D eigenvalue weighted by Gasteiger charge is 2.30. The van der Waals surface area contributed by atoms with Crippen LogP contribution in [0.25, 0.3) is 0 Å². The van der Waals surface area contributed by atoms with E-state index >= 15 is 0 Å². The van der Waals surface area contributed by atoms with Gasteiger partial charge in [0, 0.05) is 29.8 Å². The van der Waals surface area contributed by atoms with E-state index in [-0.39, 0.29) is 10.7 Å². The van der Waals surface area contributed by atoms with E-state index in [9.17, 15) is 4.79 Å². The summed E-state index contributed by atoms with van der Waals surface area (Å²) >= 11 is 1.90. The third-order valence-electron chi connectivity index (χ3n) is 2.80. The van der Waals surface area contributed by atoms with Crippen molar-refractivity contribution < 1.29 is 4.79 Å². The molecule has 0 aromatic carbocycles. The number of hydrogen-bond acceptors (Lipinski definition) is 4. The monoisotopic (exact) mass is 251 g/mol. The molecular weight excluding hydrogens is 234 g/mol. The average Bonchev–Trinajstić information content (AvgIpc) is 2.27. The predicted molar refractivity (Wildman–Crippen MR) is 71.1 cm³/mol. The van der Waals surface area contributed by atoms with Gasteiger partial charge in [-0.05, 0) is 19.9 Å². The second-order valence-electron chi connectivity index (χ2n) is 4.80. The second-order valence-corrected chi connectivity index (χ2v) is 6.60. The summed E-state index contributed by atoms with van der Waals surface area (Å²) in [7, 11) is 0. The highest BCUT2D eigenvalue weighted by molar-refractivity contribution is 8.00. The van der Waals surface area contributed by atoms with Gasteiger partial charge in [-0.1, -0.05) is 0 Å². The zero-order chi connectivity index (χ0) is 12.5. The molecule has 0 radical (unpaired) electrons. The van der Waals surface area contributed by atoms with Crippen molar-refractivity contribution in [3.63, 3.8) is 0 Å². The summed E-state index contributed by atoms with van der Waals surface area (Å²) in [4.78, 5) is 18.1.